The number of aromatic nitrogens is 1. The molecule has 0 aliphatic carbocycles. The molecule has 0 N–H and O–H groups in total. The van der Waals surface area contributed by atoms with Crippen molar-refractivity contribution in [3.63, 3.8) is 0 Å². The number of carbonyl (C=O) groups is 1. The molecule has 1 aliphatic rings. The Kier molecular flexibility index (Phi) is 6.93. The molecule has 32 heavy (non-hydrogen) atoms. The Labute approximate surface area is 192 Å². The van der Waals surface area contributed by atoms with E-state index in [1.807, 2.05) is 35.2 Å². The van der Waals surface area contributed by atoms with Crippen molar-refractivity contribution >= 4 is 17.5 Å². The maximum Gasteiger partial charge on any atom is 0.270 e. The Morgan fingerprint density at radius 3 is 2.34 bits per heavy atom. The van der Waals surface area contributed by atoms with E-state index in [1.165, 1.54) is 11.6 Å². The number of carbonyl (C=O) groups excluding carboxylic acids is 1. The molecule has 0 atom stereocenters. The number of hydrogen-bond acceptors (Lipinski definition) is 4. The molecule has 1 saturated heterocycles. The van der Waals surface area contributed by atoms with Crippen LogP contribution < -0.4 is 10.2 Å². The van der Waals surface area contributed by atoms with Gasteiger partial charge < -0.3 is 14.2 Å². The van der Waals surface area contributed by atoms with Gasteiger partial charge in [0.1, 0.15) is 12.3 Å². The molecule has 0 bridgehead atoms. The lowest BCUT2D eigenvalue weighted by atomic mass is 10.2. The van der Waals surface area contributed by atoms with E-state index in [0.717, 1.165) is 25.2 Å². The van der Waals surface area contributed by atoms with Gasteiger partial charge >= 0.3 is 0 Å². The van der Waals surface area contributed by atoms with Crippen LogP contribution in [0.4, 0.5) is 0 Å². The van der Waals surface area contributed by atoms with E-state index in [1.54, 1.807) is 29.9 Å². The predicted molar refractivity (Wildman–Crippen MR) is 125 cm³/mol. The molecule has 2 heterocycles. The summed E-state index contributed by atoms with van der Waals surface area (Å²) in [6.07, 6.45) is 1.58. The first-order valence-electron chi connectivity index (χ1n) is 10.6. The lowest BCUT2D eigenvalue weighted by Crippen LogP contribution is -2.48. The Morgan fingerprint density at radius 1 is 0.969 bits per heavy atom. The van der Waals surface area contributed by atoms with Gasteiger partial charge in [-0.15, -0.1) is 0 Å². The maximum absolute atomic E-state index is 13.1. The van der Waals surface area contributed by atoms with Crippen molar-refractivity contribution in [1.29, 1.82) is 0 Å². The number of hydrogen-bond donors (Lipinski definition) is 0. The standard InChI is InChI=1S/C25H26ClN3O3/c1-27-17-24(32-18-20-7-9-21(26)10-8-20)23(30)15-22(27)25(31)29-13-11-28(12-14-29)16-19-5-3-2-4-6-19/h2-10,15,17H,11-14,16,18H2,1H3. The van der Waals surface area contributed by atoms with Crippen molar-refractivity contribution in [1.82, 2.24) is 14.4 Å². The predicted octanol–water partition coefficient (Wildman–Crippen LogP) is 3.58. The van der Waals surface area contributed by atoms with Crippen LogP contribution in [0.1, 0.15) is 21.6 Å². The third kappa shape index (κ3) is 5.39. The highest BCUT2D eigenvalue weighted by molar-refractivity contribution is 6.30. The first kappa shape index (κ1) is 22.1. The van der Waals surface area contributed by atoms with E-state index in [9.17, 15) is 9.59 Å². The van der Waals surface area contributed by atoms with Gasteiger partial charge in [0.05, 0.1) is 6.20 Å². The van der Waals surface area contributed by atoms with Crippen molar-refractivity contribution in [3.8, 4) is 5.75 Å². The number of nitrogens with zero attached hydrogens (tertiary/aromatic N) is 3. The summed E-state index contributed by atoms with van der Waals surface area (Å²) in [4.78, 5) is 29.8. The molecule has 3 aromatic rings. The summed E-state index contributed by atoms with van der Waals surface area (Å²) in [5.41, 5.74) is 2.24. The normalized spacial score (nSPS) is 14.4. The van der Waals surface area contributed by atoms with Crippen LogP contribution >= 0.6 is 11.6 Å². The molecule has 6 nitrogen and oxygen atoms in total. The van der Waals surface area contributed by atoms with E-state index in [2.05, 4.69) is 17.0 Å². The second-order valence-electron chi connectivity index (χ2n) is 7.97. The van der Waals surface area contributed by atoms with Crippen LogP contribution in [0.2, 0.25) is 5.02 Å². The van der Waals surface area contributed by atoms with Gasteiger partial charge in [-0.05, 0) is 23.3 Å². The molecule has 2 aromatic carbocycles. The van der Waals surface area contributed by atoms with E-state index in [-0.39, 0.29) is 23.7 Å². The fraction of sp³-hybridized carbons (Fsp3) is 0.280. The lowest BCUT2D eigenvalue weighted by Gasteiger charge is -2.35. The molecule has 1 aliphatic heterocycles. The quantitative estimate of drug-likeness (QED) is 0.575. The van der Waals surface area contributed by atoms with Crippen LogP contribution in [0.15, 0.2) is 71.7 Å². The molecule has 0 radical (unpaired) electrons. The summed E-state index contributed by atoms with van der Waals surface area (Å²) in [6, 6.07) is 18.9. The maximum atomic E-state index is 13.1. The number of ether oxygens (including phenoxy) is 1. The molecule has 1 amide bonds. The lowest BCUT2D eigenvalue weighted by molar-refractivity contribution is 0.0618. The van der Waals surface area contributed by atoms with Crippen molar-refractivity contribution in [2.45, 2.75) is 13.2 Å². The second-order valence-corrected chi connectivity index (χ2v) is 8.40. The third-order valence-electron chi connectivity index (χ3n) is 5.64. The molecule has 166 valence electrons. The number of rotatable bonds is 6. The summed E-state index contributed by atoms with van der Waals surface area (Å²) in [5, 5.41) is 0.647. The van der Waals surface area contributed by atoms with Gasteiger partial charge in [-0.3, -0.25) is 14.5 Å². The Morgan fingerprint density at radius 2 is 1.66 bits per heavy atom. The monoisotopic (exact) mass is 451 g/mol. The zero-order valence-electron chi connectivity index (χ0n) is 18.0. The van der Waals surface area contributed by atoms with Gasteiger partial charge in [-0.2, -0.15) is 0 Å². The van der Waals surface area contributed by atoms with E-state index < -0.39 is 0 Å². The van der Waals surface area contributed by atoms with Crippen LogP contribution in [0.5, 0.6) is 5.75 Å². The number of pyridine rings is 1. The summed E-state index contributed by atoms with van der Waals surface area (Å²) < 4.78 is 7.35. The van der Waals surface area contributed by atoms with Gasteiger partial charge in [0.2, 0.25) is 5.43 Å². The van der Waals surface area contributed by atoms with Gasteiger partial charge in [-0.25, -0.2) is 0 Å². The molecule has 7 heteroatoms. The highest BCUT2D eigenvalue weighted by atomic mass is 35.5. The average Bonchev–Trinajstić information content (AvgIpc) is 2.81. The summed E-state index contributed by atoms with van der Waals surface area (Å²) in [7, 11) is 1.76. The number of aryl methyl sites for hydroxylation is 1. The number of piperazine rings is 1. The first-order chi connectivity index (χ1) is 15.5. The van der Waals surface area contributed by atoms with Crippen LogP contribution in [-0.2, 0) is 20.2 Å². The van der Waals surface area contributed by atoms with Crippen molar-refractivity contribution < 1.29 is 9.53 Å². The topological polar surface area (TPSA) is 54.8 Å². The zero-order valence-corrected chi connectivity index (χ0v) is 18.8. The van der Waals surface area contributed by atoms with Crippen LogP contribution in [0.25, 0.3) is 0 Å². The Balaban J connectivity index is 1.37. The Hall–Kier alpha value is -3.09. The highest BCUT2D eigenvalue weighted by Crippen LogP contribution is 2.15. The minimum atomic E-state index is -0.303. The molecular formula is C25H26ClN3O3. The van der Waals surface area contributed by atoms with Crippen molar-refractivity contribution in [2.24, 2.45) is 7.05 Å². The molecule has 4 rings (SSSR count). The zero-order chi connectivity index (χ0) is 22.5. The summed E-state index contributed by atoms with van der Waals surface area (Å²) >= 11 is 5.90. The number of benzene rings is 2. The van der Waals surface area contributed by atoms with Crippen LogP contribution in [-0.4, -0.2) is 46.5 Å². The minimum Gasteiger partial charge on any atom is -0.483 e. The van der Waals surface area contributed by atoms with Gasteiger partial charge in [0.15, 0.2) is 5.75 Å². The average molecular weight is 452 g/mol. The van der Waals surface area contributed by atoms with Crippen molar-refractivity contribution in [3.05, 3.63) is 98.9 Å². The van der Waals surface area contributed by atoms with Gasteiger partial charge in [0.25, 0.3) is 5.91 Å². The van der Waals surface area contributed by atoms with E-state index in [4.69, 9.17) is 16.3 Å². The van der Waals surface area contributed by atoms with Crippen LogP contribution in [0.3, 0.4) is 0 Å². The highest BCUT2D eigenvalue weighted by Gasteiger charge is 2.24. The summed E-state index contributed by atoms with van der Waals surface area (Å²) in [5.74, 6) is 0.0832. The number of amides is 1. The smallest absolute Gasteiger partial charge is 0.270 e. The molecule has 1 aromatic heterocycles. The SMILES string of the molecule is Cn1cc(OCc2ccc(Cl)cc2)c(=O)cc1C(=O)N1CCN(Cc2ccccc2)CC1. The van der Waals surface area contributed by atoms with Gasteiger partial charge in [0, 0.05) is 50.9 Å². The minimum absolute atomic E-state index is 0.131. The molecule has 0 unspecified atom stereocenters. The Bertz CT molecular complexity index is 1120. The second kappa shape index (κ2) is 10.0. The molecule has 1 fully saturated rings. The fourth-order valence-electron chi connectivity index (χ4n) is 3.78. The fourth-order valence-corrected chi connectivity index (χ4v) is 3.91. The van der Waals surface area contributed by atoms with Gasteiger partial charge in [-0.1, -0.05) is 54.1 Å². The third-order valence-corrected chi connectivity index (χ3v) is 5.89. The van der Waals surface area contributed by atoms with E-state index in [0.29, 0.717) is 23.8 Å². The largest absolute Gasteiger partial charge is 0.483 e. The number of halogens is 1. The van der Waals surface area contributed by atoms with Crippen molar-refractivity contribution in [2.75, 3.05) is 26.2 Å². The molecule has 0 saturated carbocycles. The van der Waals surface area contributed by atoms with Crippen LogP contribution in [0, 0.1) is 0 Å². The van der Waals surface area contributed by atoms with E-state index >= 15 is 0 Å². The first-order valence-corrected chi connectivity index (χ1v) is 11.0. The summed E-state index contributed by atoms with van der Waals surface area (Å²) in [6.45, 7) is 4.00. The molecular weight excluding hydrogens is 426 g/mol. The molecule has 0 spiro atoms.